The van der Waals surface area contributed by atoms with Crippen molar-refractivity contribution in [3.05, 3.63) is 23.0 Å². The Labute approximate surface area is 144 Å². The zero-order valence-corrected chi connectivity index (χ0v) is 15.0. The molecule has 2 aromatic rings. The first-order valence-corrected chi connectivity index (χ1v) is 7.52. The molecule has 1 aliphatic rings. The minimum Gasteiger partial charge on any atom is -0.366 e. The van der Waals surface area contributed by atoms with E-state index in [1.165, 1.54) is 18.4 Å². The van der Waals surface area contributed by atoms with E-state index in [1.807, 2.05) is 11.4 Å². The van der Waals surface area contributed by atoms with E-state index in [2.05, 4.69) is 35.6 Å². The summed E-state index contributed by atoms with van der Waals surface area (Å²) in [6.07, 6.45) is 3.37. The summed E-state index contributed by atoms with van der Waals surface area (Å²) in [5.41, 5.74) is 4.32. The van der Waals surface area contributed by atoms with Gasteiger partial charge in [0, 0.05) is 29.9 Å². The molecule has 22 heavy (non-hydrogen) atoms. The van der Waals surface area contributed by atoms with Crippen LogP contribution in [0.1, 0.15) is 36.7 Å². The van der Waals surface area contributed by atoms with Gasteiger partial charge in [-0.15, -0.1) is 24.8 Å². The Kier molecular flexibility index (Phi) is 6.91. The first kappa shape index (κ1) is 19.0. The van der Waals surface area contributed by atoms with E-state index in [1.54, 1.807) is 0 Å². The van der Waals surface area contributed by atoms with Gasteiger partial charge in [0.15, 0.2) is 5.65 Å². The second-order valence-electron chi connectivity index (χ2n) is 5.62. The molecule has 2 aromatic heterocycles. The highest BCUT2D eigenvalue weighted by Gasteiger charge is 2.16. The largest absolute Gasteiger partial charge is 0.366 e. The van der Waals surface area contributed by atoms with Crippen LogP contribution in [-0.4, -0.2) is 33.7 Å². The van der Waals surface area contributed by atoms with E-state index in [-0.39, 0.29) is 24.8 Å². The molecule has 124 valence electrons. The van der Waals surface area contributed by atoms with E-state index in [0.29, 0.717) is 6.04 Å². The van der Waals surface area contributed by atoms with Crippen molar-refractivity contribution in [2.45, 2.75) is 46.1 Å². The Morgan fingerprint density at radius 2 is 2.14 bits per heavy atom. The third kappa shape index (κ3) is 3.65. The quantitative estimate of drug-likeness (QED) is 0.897. The summed E-state index contributed by atoms with van der Waals surface area (Å²) in [7, 11) is 0. The van der Waals surface area contributed by atoms with Gasteiger partial charge < -0.3 is 10.6 Å². The Balaban J connectivity index is 0.00000121. The second kappa shape index (κ2) is 7.99. The lowest BCUT2D eigenvalue weighted by atomic mass is 10.1. The summed E-state index contributed by atoms with van der Waals surface area (Å²) in [5.74, 6) is 1.07. The third-order valence-corrected chi connectivity index (χ3v) is 4.12. The van der Waals surface area contributed by atoms with Crippen molar-refractivity contribution in [3.63, 3.8) is 0 Å². The van der Waals surface area contributed by atoms with Gasteiger partial charge in [-0.25, -0.2) is 4.98 Å². The van der Waals surface area contributed by atoms with Crippen LogP contribution in [0.5, 0.6) is 0 Å². The molecule has 0 aromatic carbocycles. The van der Waals surface area contributed by atoms with Crippen molar-refractivity contribution in [1.82, 2.24) is 19.9 Å². The van der Waals surface area contributed by atoms with Crippen LogP contribution >= 0.6 is 24.8 Å². The monoisotopic (exact) mass is 345 g/mol. The van der Waals surface area contributed by atoms with Crippen LogP contribution in [0, 0.1) is 13.8 Å². The zero-order valence-electron chi connectivity index (χ0n) is 13.3. The number of hydrogen-bond acceptors (Lipinski definition) is 4. The van der Waals surface area contributed by atoms with Crippen molar-refractivity contribution >= 4 is 36.3 Å². The van der Waals surface area contributed by atoms with Crippen LogP contribution in [0.4, 0.5) is 5.82 Å². The lowest BCUT2D eigenvalue weighted by molar-refractivity contribution is 0.478. The topological polar surface area (TPSA) is 54.2 Å². The predicted octanol–water partition coefficient (Wildman–Crippen LogP) is 2.92. The van der Waals surface area contributed by atoms with Gasteiger partial charge in [0.1, 0.15) is 5.82 Å². The Bertz CT molecular complexity index is 620. The fraction of sp³-hybridized carbons (Fsp3) is 0.600. The van der Waals surface area contributed by atoms with Crippen LogP contribution in [0.25, 0.3) is 5.65 Å². The normalized spacial score (nSPS) is 17.7. The molecule has 1 fully saturated rings. The highest BCUT2D eigenvalue weighted by Crippen LogP contribution is 2.20. The molecule has 0 unspecified atom stereocenters. The van der Waals surface area contributed by atoms with Crippen LogP contribution < -0.4 is 10.6 Å². The highest BCUT2D eigenvalue weighted by molar-refractivity contribution is 5.85. The fourth-order valence-electron chi connectivity index (χ4n) is 2.75. The summed E-state index contributed by atoms with van der Waals surface area (Å²) in [6.45, 7) is 8.43. The molecule has 3 heterocycles. The van der Waals surface area contributed by atoms with Crippen molar-refractivity contribution < 1.29 is 0 Å². The molecule has 5 nitrogen and oxygen atoms in total. The van der Waals surface area contributed by atoms with E-state index in [0.717, 1.165) is 42.4 Å². The number of piperidine rings is 1. The number of nitrogens with zero attached hydrogens (tertiary/aromatic N) is 3. The summed E-state index contributed by atoms with van der Waals surface area (Å²) >= 11 is 0. The molecule has 0 aliphatic carbocycles. The Morgan fingerprint density at radius 3 is 2.77 bits per heavy atom. The van der Waals surface area contributed by atoms with E-state index in [9.17, 15) is 0 Å². The minimum absolute atomic E-state index is 0. The smallest absolute Gasteiger partial charge is 0.160 e. The zero-order chi connectivity index (χ0) is 14.1. The van der Waals surface area contributed by atoms with Gasteiger partial charge in [-0.2, -0.15) is 9.61 Å². The molecule has 0 spiro atoms. The van der Waals surface area contributed by atoms with Crippen molar-refractivity contribution in [2.75, 3.05) is 18.4 Å². The standard InChI is InChI=1S/C15H23N5.2ClH/c1-4-12-8-14(17-13-6-5-7-16-9-13)20-15(18-12)10(2)11(3)19-20;;/h8,13,16-17H,4-7,9H2,1-3H3;2*1H/t13-;;/m1../s1. The number of halogens is 2. The van der Waals surface area contributed by atoms with E-state index < -0.39 is 0 Å². The Morgan fingerprint density at radius 1 is 1.36 bits per heavy atom. The molecular weight excluding hydrogens is 321 g/mol. The molecule has 1 aliphatic heterocycles. The van der Waals surface area contributed by atoms with Gasteiger partial charge in [0.05, 0.1) is 5.69 Å². The fourth-order valence-corrected chi connectivity index (χ4v) is 2.75. The minimum atomic E-state index is 0. The molecule has 1 atom stereocenters. The molecule has 1 saturated heterocycles. The maximum Gasteiger partial charge on any atom is 0.160 e. The predicted molar refractivity (Wildman–Crippen MR) is 95.8 cm³/mol. The first-order valence-electron chi connectivity index (χ1n) is 7.52. The lowest BCUT2D eigenvalue weighted by Gasteiger charge is -2.25. The summed E-state index contributed by atoms with van der Waals surface area (Å²) in [4.78, 5) is 4.71. The van der Waals surface area contributed by atoms with Crippen molar-refractivity contribution in [2.24, 2.45) is 0 Å². The average Bonchev–Trinajstić information content (AvgIpc) is 2.76. The molecule has 0 radical (unpaired) electrons. The average molecular weight is 346 g/mol. The molecule has 0 amide bonds. The number of anilines is 1. The van der Waals surface area contributed by atoms with Crippen LogP contribution in [0.3, 0.4) is 0 Å². The third-order valence-electron chi connectivity index (χ3n) is 4.12. The highest BCUT2D eigenvalue weighted by atomic mass is 35.5. The number of nitrogens with one attached hydrogen (secondary N) is 2. The molecule has 0 bridgehead atoms. The number of aryl methyl sites for hydroxylation is 3. The SMILES string of the molecule is CCc1cc(N[C@@H]2CCCNC2)n2nc(C)c(C)c2n1.Cl.Cl. The molecule has 2 N–H and O–H groups in total. The van der Waals surface area contributed by atoms with Crippen molar-refractivity contribution in [1.29, 1.82) is 0 Å². The van der Waals surface area contributed by atoms with Gasteiger partial charge in [0.25, 0.3) is 0 Å². The van der Waals surface area contributed by atoms with Gasteiger partial charge in [0.2, 0.25) is 0 Å². The maximum absolute atomic E-state index is 4.71. The van der Waals surface area contributed by atoms with Gasteiger partial charge in [-0.3, -0.25) is 0 Å². The number of aromatic nitrogens is 3. The van der Waals surface area contributed by atoms with Gasteiger partial charge in [-0.05, 0) is 39.7 Å². The van der Waals surface area contributed by atoms with Crippen LogP contribution in [-0.2, 0) is 6.42 Å². The summed E-state index contributed by atoms with van der Waals surface area (Å²) in [6, 6.07) is 2.61. The summed E-state index contributed by atoms with van der Waals surface area (Å²) < 4.78 is 1.96. The second-order valence-corrected chi connectivity index (χ2v) is 5.62. The summed E-state index contributed by atoms with van der Waals surface area (Å²) in [5, 5.41) is 11.7. The van der Waals surface area contributed by atoms with E-state index in [4.69, 9.17) is 4.98 Å². The molecular formula is C15H25Cl2N5. The molecule has 3 rings (SSSR count). The van der Waals surface area contributed by atoms with Crippen LogP contribution in [0.2, 0.25) is 0 Å². The maximum atomic E-state index is 4.71. The molecule has 7 heteroatoms. The van der Waals surface area contributed by atoms with Crippen LogP contribution in [0.15, 0.2) is 6.07 Å². The Hall–Kier alpha value is -1.04. The van der Waals surface area contributed by atoms with Crippen molar-refractivity contribution in [3.8, 4) is 0 Å². The first-order chi connectivity index (χ1) is 9.69. The number of rotatable bonds is 3. The van der Waals surface area contributed by atoms with Gasteiger partial charge >= 0.3 is 0 Å². The molecule has 0 saturated carbocycles. The lowest BCUT2D eigenvalue weighted by Crippen LogP contribution is -2.38. The van der Waals surface area contributed by atoms with E-state index >= 15 is 0 Å². The number of fused-ring (bicyclic) bond motifs is 1. The van der Waals surface area contributed by atoms with Gasteiger partial charge in [-0.1, -0.05) is 6.92 Å². The number of hydrogen-bond donors (Lipinski definition) is 2.